The van der Waals surface area contributed by atoms with E-state index in [0.717, 1.165) is 6.42 Å². The van der Waals surface area contributed by atoms with Gasteiger partial charge in [0.1, 0.15) is 0 Å². The van der Waals surface area contributed by atoms with Gasteiger partial charge in [-0.3, -0.25) is 0 Å². The van der Waals surface area contributed by atoms with E-state index in [-0.39, 0.29) is 40.7 Å². The fraction of sp³-hybridized carbons (Fsp3) is 0.500. The summed E-state index contributed by atoms with van der Waals surface area (Å²) in [5, 5.41) is 0. The van der Waals surface area contributed by atoms with Gasteiger partial charge < -0.3 is 14.9 Å². The van der Waals surface area contributed by atoms with E-state index in [1.54, 1.807) is 11.1 Å². The molecule has 1 heteroatoms. The van der Waals surface area contributed by atoms with E-state index in [2.05, 4.69) is 52.8 Å². The van der Waals surface area contributed by atoms with E-state index < -0.39 is 0 Å². The normalized spacial score (nSPS) is 20.0. The van der Waals surface area contributed by atoms with E-state index in [4.69, 9.17) is 0 Å². The van der Waals surface area contributed by atoms with Crippen molar-refractivity contribution in [3.8, 4) is 0 Å². The molecule has 0 amide bonds. The Balaban J connectivity index is 0.00000133. The summed E-state index contributed by atoms with van der Waals surface area (Å²) < 4.78 is 0. The smallest absolute Gasteiger partial charge is 0 e. The molecule has 0 nitrogen and oxygen atoms in total. The van der Waals surface area contributed by atoms with Gasteiger partial charge in [0.25, 0.3) is 0 Å². The molecule has 116 valence electrons. The second-order valence-corrected chi connectivity index (χ2v) is 7.40. The first-order valence-electron chi connectivity index (χ1n) is 7.07. The summed E-state index contributed by atoms with van der Waals surface area (Å²) >= 11 is 0. The summed E-state index contributed by atoms with van der Waals surface area (Å²) in [4.78, 5) is 0. The monoisotopic (exact) mass is 449 g/mol. The SMILES string of the molecule is CC1=[C-]c2cc3c(cc2C1)C(C)(C)CCC3(C)C.[CH3-].[CH3-].[Hf]. The second-order valence-electron chi connectivity index (χ2n) is 7.40. The third kappa shape index (κ3) is 3.44. The molecule has 21 heavy (non-hydrogen) atoms. The Bertz CT molecular complexity index is 547. The van der Waals surface area contributed by atoms with Crippen LogP contribution in [0.3, 0.4) is 0 Å². The summed E-state index contributed by atoms with van der Waals surface area (Å²) in [5.41, 5.74) is 7.99. The zero-order chi connectivity index (χ0) is 13.1. The van der Waals surface area contributed by atoms with Gasteiger partial charge in [0.05, 0.1) is 0 Å². The fourth-order valence-electron chi connectivity index (χ4n) is 3.48. The van der Waals surface area contributed by atoms with Gasteiger partial charge in [-0.25, -0.2) is 0 Å². The van der Waals surface area contributed by atoms with Gasteiger partial charge >= 0.3 is 0 Å². The van der Waals surface area contributed by atoms with Crippen LogP contribution in [0.4, 0.5) is 0 Å². The third-order valence-corrected chi connectivity index (χ3v) is 4.88. The summed E-state index contributed by atoms with van der Waals surface area (Å²) in [6.07, 6.45) is 7.21. The Labute approximate surface area is 151 Å². The molecule has 2 aliphatic rings. The molecular weight excluding hydrogens is 419 g/mol. The first-order valence-corrected chi connectivity index (χ1v) is 7.07. The molecule has 0 saturated carbocycles. The van der Waals surface area contributed by atoms with Crippen molar-refractivity contribution >= 4 is 0 Å². The van der Waals surface area contributed by atoms with Crippen LogP contribution in [0.25, 0.3) is 0 Å². The van der Waals surface area contributed by atoms with E-state index in [0.29, 0.717) is 10.8 Å². The van der Waals surface area contributed by atoms with Crippen LogP contribution in [0.5, 0.6) is 0 Å². The standard InChI is InChI=1S/C18H23.2CH3.Hf/c1-12-8-13-10-15-16(11-14(13)9-12)18(4,5)7-6-17(15,2)3;;;/h10-11H,6-8H2,1-5H3;2*1H3;/q3*-1;. The van der Waals surface area contributed by atoms with Gasteiger partial charge in [0.15, 0.2) is 0 Å². The maximum absolute atomic E-state index is 3.53. The zero-order valence-corrected chi connectivity index (χ0v) is 18.4. The molecule has 0 N–H and O–H groups in total. The van der Waals surface area contributed by atoms with Gasteiger partial charge in [0, 0.05) is 25.8 Å². The Morgan fingerprint density at radius 3 is 1.90 bits per heavy atom. The first kappa shape index (κ1) is 20.8. The van der Waals surface area contributed by atoms with Crippen molar-refractivity contribution in [2.45, 2.75) is 64.7 Å². The molecule has 0 aliphatic heterocycles. The summed E-state index contributed by atoms with van der Waals surface area (Å²) in [6, 6.07) is 4.89. The number of hydrogen-bond donors (Lipinski definition) is 0. The first-order chi connectivity index (χ1) is 8.29. The molecule has 0 radical (unpaired) electrons. The maximum atomic E-state index is 3.53. The minimum atomic E-state index is 0. The van der Waals surface area contributed by atoms with Crippen molar-refractivity contribution in [1.29, 1.82) is 0 Å². The van der Waals surface area contributed by atoms with E-state index in [1.165, 1.54) is 29.5 Å². The number of rotatable bonds is 0. The summed E-state index contributed by atoms with van der Waals surface area (Å²) in [6.45, 7) is 11.8. The minimum Gasteiger partial charge on any atom is -0.358 e. The molecule has 0 fully saturated rings. The van der Waals surface area contributed by atoms with Crippen LogP contribution in [0.2, 0.25) is 0 Å². The predicted molar refractivity (Wildman–Crippen MR) is 89.8 cm³/mol. The van der Waals surface area contributed by atoms with Crippen LogP contribution in [-0.4, -0.2) is 0 Å². The van der Waals surface area contributed by atoms with Gasteiger partial charge in [0.2, 0.25) is 0 Å². The van der Waals surface area contributed by atoms with Crippen LogP contribution in [0.15, 0.2) is 17.7 Å². The molecule has 2 aliphatic carbocycles. The number of allylic oxidation sites excluding steroid dienone is 1. The van der Waals surface area contributed by atoms with Crippen molar-refractivity contribution in [3.63, 3.8) is 0 Å². The fourth-order valence-corrected chi connectivity index (χ4v) is 3.48. The van der Waals surface area contributed by atoms with E-state index >= 15 is 0 Å². The van der Waals surface area contributed by atoms with Crippen molar-refractivity contribution in [2.75, 3.05) is 0 Å². The second kappa shape index (κ2) is 6.52. The molecule has 0 spiro atoms. The molecule has 1 aromatic rings. The van der Waals surface area contributed by atoms with Gasteiger partial charge in [-0.2, -0.15) is 17.7 Å². The van der Waals surface area contributed by atoms with Crippen molar-refractivity contribution in [2.24, 2.45) is 0 Å². The largest absolute Gasteiger partial charge is 0.358 e. The predicted octanol–water partition coefficient (Wildman–Crippen LogP) is 5.59. The molecule has 1 aromatic carbocycles. The van der Waals surface area contributed by atoms with Crippen LogP contribution >= 0.6 is 0 Å². The molecular formula is C20H29Hf-3. The van der Waals surface area contributed by atoms with Crippen molar-refractivity contribution in [3.05, 3.63) is 60.9 Å². The van der Waals surface area contributed by atoms with Gasteiger partial charge in [-0.05, 0) is 23.7 Å². The average Bonchev–Trinajstić information content (AvgIpc) is 2.62. The molecule has 0 heterocycles. The third-order valence-electron chi connectivity index (χ3n) is 4.88. The number of fused-ring (bicyclic) bond motifs is 2. The van der Waals surface area contributed by atoms with Crippen molar-refractivity contribution in [1.82, 2.24) is 0 Å². The van der Waals surface area contributed by atoms with Crippen molar-refractivity contribution < 1.29 is 25.8 Å². The van der Waals surface area contributed by atoms with Gasteiger partial charge in [-0.1, -0.05) is 52.2 Å². The van der Waals surface area contributed by atoms with Gasteiger partial charge in [-0.15, -0.1) is 17.2 Å². The van der Waals surface area contributed by atoms with Crippen LogP contribution in [0.1, 0.15) is 69.7 Å². The van der Waals surface area contributed by atoms with E-state index in [1.807, 2.05) is 0 Å². The summed E-state index contributed by atoms with van der Waals surface area (Å²) in [7, 11) is 0. The Morgan fingerprint density at radius 1 is 0.905 bits per heavy atom. The summed E-state index contributed by atoms with van der Waals surface area (Å²) in [5.74, 6) is 0. The maximum Gasteiger partial charge on any atom is 0 e. The van der Waals surface area contributed by atoms with E-state index in [9.17, 15) is 0 Å². The van der Waals surface area contributed by atoms with Crippen LogP contribution in [0, 0.1) is 20.9 Å². The molecule has 0 bridgehead atoms. The molecule has 0 atom stereocenters. The topological polar surface area (TPSA) is 0 Å². The molecule has 3 rings (SSSR count). The molecule has 0 saturated heterocycles. The Morgan fingerprint density at radius 2 is 1.38 bits per heavy atom. The zero-order valence-electron chi connectivity index (χ0n) is 14.8. The molecule has 0 aromatic heterocycles. The van der Waals surface area contributed by atoms with Crippen LogP contribution < -0.4 is 0 Å². The van der Waals surface area contributed by atoms with Crippen LogP contribution in [-0.2, 0) is 43.1 Å². The number of benzene rings is 1. The molecule has 0 unspecified atom stereocenters. The average molecular weight is 448 g/mol. The quantitative estimate of drug-likeness (QED) is 0.359. The Hall–Kier alpha value is -0.170. The minimum absolute atomic E-state index is 0. The number of hydrogen-bond acceptors (Lipinski definition) is 0. The Kier molecular flexibility index (Phi) is 6.47.